The van der Waals surface area contributed by atoms with Crippen molar-refractivity contribution in [2.75, 3.05) is 31.3 Å². The average Bonchev–Trinajstić information content (AvgIpc) is 3.63. The molecule has 3 heterocycles. The summed E-state index contributed by atoms with van der Waals surface area (Å²) in [5.41, 5.74) is 3.15. The predicted molar refractivity (Wildman–Crippen MR) is 152 cm³/mol. The van der Waals surface area contributed by atoms with Crippen LogP contribution in [0.5, 0.6) is 0 Å². The molecular weight excluding hydrogens is 545 g/mol. The Balaban J connectivity index is 1.53. The molecule has 13 heteroatoms. The molecule has 4 atom stereocenters. The van der Waals surface area contributed by atoms with Gasteiger partial charge in [0.2, 0.25) is 23.6 Å². The molecule has 0 saturated heterocycles. The van der Waals surface area contributed by atoms with E-state index >= 15 is 0 Å². The third kappa shape index (κ3) is 6.77. The lowest BCUT2D eigenvalue weighted by molar-refractivity contribution is -0.144. The lowest BCUT2D eigenvalue weighted by atomic mass is 9.95. The van der Waals surface area contributed by atoms with Gasteiger partial charge in [0.05, 0.1) is 38.1 Å². The first kappa shape index (κ1) is 31.1. The fourth-order valence-corrected chi connectivity index (χ4v) is 5.76. The van der Waals surface area contributed by atoms with E-state index in [1.165, 1.54) is 16.0 Å². The number of aromatic amines is 1. The van der Waals surface area contributed by atoms with Gasteiger partial charge in [0.1, 0.15) is 30.5 Å². The number of hydrogen-bond donors (Lipinski definition) is 3. The molecule has 0 unspecified atom stereocenters. The molecule has 0 aliphatic carbocycles. The monoisotopic (exact) mass is 585 g/mol. The van der Waals surface area contributed by atoms with Gasteiger partial charge >= 0.3 is 0 Å². The molecule has 42 heavy (non-hydrogen) atoms. The second-order valence-electron chi connectivity index (χ2n) is 10.7. The number of aromatic nitrogens is 3. The number of alkyl halides is 1. The van der Waals surface area contributed by atoms with E-state index in [0.717, 1.165) is 16.8 Å². The molecule has 228 valence electrons. The summed E-state index contributed by atoms with van der Waals surface area (Å²) in [6, 6.07) is 3.33. The molecule has 4 rings (SSSR count). The molecule has 1 aromatic carbocycles. The minimum atomic E-state index is -0.880. The Bertz CT molecular complexity index is 1260. The molecule has 0 bridgehead atoms. The van der Waals surface area contributed by atoms with Crippen LogP contribution in [0.25, 0.3) is 0 Å². The van der Waals surface area contributed by atoms with Crippen molar-refractivity contribution in [3.63, 3.8) is 0 Å². The Hall–Kier alpha value is -3.87. The largest absolute Gasteiger partial charge is 0.378 e. The molecule has 0 fully saturated rings. The summed E-state index contributed by atoms with van der Waals surface area (Å²) in [5, 5.41) is 16.0. The predicted octanol–water partition coefficient (Wildman–Crippen LogP) is 1.45. The van der Waals surface area contributed by atoms with Gasteiger partial charge in [-0.3, -0.25) is 24.1 Å². The molecule has 4 amide bonds. The van der Waals surface area contributed by atoms with Crippen LogP contribution < -0.4 is 15.5 Å². The molecular formula is C29H40FN7O5. The smallest absolute Gasteiger partial charge is 0.250 e. The van der Waals surface area contributed by atoms with Crippen LogP contribution in [0.3, 0.4) is 0 Å². The van der Waals surface area contributed by atoms with Crippen LogP contribution in [0, 0.1) is 5.92 Å². The number of nitrogens with one attached hydrogen (secondary N) is 3. The second kappa shape index (κ2) is 14.3. The molecule has 2 aliphatic rings. The first-order chi connectivity index (χ1) is 20.3. The van der Waals surface area contributed by atoms with Crippen LogP contribution in [0.15, 0.2) is 24.4 Å². The number of aryl methyl sites for hydroxylation is 1. The zero-order valence-electron chi connectivity index (χ0n) is 24.4. The molecule has 0 saturated carbocycles. The number of benzene rings is 1. The van der Waals surface area contributed by atoms with E-state index in [9.17, 15) is 23.6 Å². The first-order valence-corrected chi connectivity index (χ1v) is 14.6. The molecule has 2 aromatic rings. The number of halogens is 1. The molecule has 1 aromatic heterocycles. The van der Waals surface area contributed by atoms with Crippen LogP contribution in [0.1, 0.15) is 56.9 Å². The lowest BCUT2D eigenvalue weighted by Gasteiger charge is -2.35. The van der Waals surface area contributed by atoms with Crippen LogP contribution in [-0.4, -0.2) is 88.5 Å². The van der Waals surface area contributed by atoms with Gasteiger partial charge in [-0.25, -0.2) is 4.39 Å². The topological polar surface area (TPSA) is 150 Å². The third-order valence-corrected chi connectivity index (χ3v) is 8.06. The normalized spacial score (nSPS) is 19.0. The van der Waals surface area contributed by atoms with Gasteiger partial charge in [0, 0.05) is 13.0 Å². The van der Waals surface area contributed by atoms with Crippen molar-refractivity contribution < 1.29 is 28.3 Å². The van der Waals surface area contributed by atoms with Gasteiger partial charge in [-0.2, -0.15) is 15.4 Å². The van der Waals surface area contributed by atoms with Gasteiger partial charge in [-0.05, 0) is 36.8 Å². The number of amides is 4. The number of para-hydroxylation sites is 1. The van der Waals surface area contributed by atoms with Gasteiger partial charge < -0.3 is 20.3 Å². The van der Waals surface area contributed by atoms with E-state index < -0.39 is 30.7 Å². The van der Waals surface area contributed by atoms with Gasteiger partial charge in [-0.15, -0.1) is 0 Å². The number of anilines is 1. The number of rotatable bonds is 14. The van der Waals surface area contributed by atoms with Crippen molar-refractivity contribution >= 4 is 29.3 Å². The fraction of sp³-hybridized carbons (Fsp3) is 0.586. The fourth-order valence-electron chi connectivity index (χ4n) is 5.76. The highest BCUT2D eigenvalue weighted by atomic mass is 19.1. The van der Waals surface area contributed by atoms with Crippen molar-refractivity contribution in [2.24, 2.45) is 5.92 Å². The summed E-state index contributed by atoms with van der Waals surface area (Å²) in [7, 11) is 0. The summed E-state index contributed by atoms with van der Waals surface area (Å²) < 4.78 is 17.5. The maximum absolute atomic E-state index is 14.1. The maximum Gasteiger partial charge on any atom is 0.250 e. The Kier molecular flexibility index (Phi) is 10.6. The molecule has 3 N–H and O–H groups in total. The van der Waals surface area contributed by atoms with Crippen molar-refractivity contribution in [3.05, 3.63) is 41.2 Å². The Morgan fingerprint density at radius 2 is 2.02 bits per heavy atom. The SMILES string of the molecule is CC[C@H](C)[C@@H](C(=O)N[C@H]1CCc2cccc3c2N(C1=O)[C@H](C(=O)NCc1cn[nH]n1)C3)N(CC)C(=O)CCOCCF. The zero-order chi connectivity index (χ0) is 30.2. The summed E-state index contributed by atoms with van der Waals surface area (Å²) in [5.74, 6) is -1.56. The summed E-state index contributed by atoms with van der Waals surface area (Å²) in [6.45, 7) is 5.42. The van der Waals surface area contributed by atoms with Crippen LogP contribution in [0.4, 0.5) is 10.1 Å². The van der Waals surface area contributed by atoms with Crippen molar-refractivity contribution in [1.82, 2.24) is 30.9 Å². The molecule has 0 spiro atoms. The number of carbonyl (C=O) groups excluding carboxylic acids is 4. The highest BCUT2D eigenvalue weighted by Crippen LogP contribution is 2.39. The van der Waals surface area contributed by atoms with E-state index in [2.05, 4.69) is 26.0 Å². The molecule has 12 nitrogen and oxygen atoms in total. The Labute approximate surface area is 244 Å². The average molecular weight is 586 g/mol. The number of H-pyrrole nitrogens is 1. The van der Waals surface area contributed by atoms with Crippen LogP contribution in [0.2, 0.25) is 0 Å². The zero-order valence-corrected chi connectivity index (χ0v) is 24.4. The number of likely N-dealkylation sites (N-methyl/N-ethyl adjacent to an activating group) is 1. The maximum atomic E-state index is 14.1. The second-order valence-corrected chi connectivity index (χ2v) is 10.7. The Morgan fingerprint density at radius 3 is 2.71 bits per heavy atom. The third-order valence-electron chi connectivity index (χ3n) is 8.06. The summed E-state index contributed by atoms with van der Waals surface area (Å²) >= 11 is 0. The van der Waals surface area contributed by atoms with E-state index in [1.807, 2.05) is 32.0 Å². The number of nitrogens with zero attached hydrogens (tertiary/aromatic N) is 4. The lowest BCUT2D eigenvalue weighted by Crippen LogP contribution is -2.59. The first-order valence-electron chi connectivity index (χ1n) is 14.6. The number of hydrogen-bond acceptors (Lipinski definition) is 7. The van der Waals surface area contributed by atoms with Crippen LogP contribution >= 0.6 is 0 Å². The van der Waals surface area contributed by atoms with Gasteiger partial charge in [0.25, 0.3) is 0 Å². The number of carbonyl (C=O) groups is 4. The highest BCUT2D eigenvalue weighted by molar-refractivity contribution is 6.08. The molecule has 0 radical (unpaired) electrons. The standard InChI is InChI=1S/C29H40FN7O5/c1-4-18(3)25(36(5-2)24(38)11-13-42-14-12-30)28(40)33-22-10-9-19-7-6-8-20-15-23(37(26(19)20)29(22)41)27(39)31-16-21-17-32-35-34-21/h6-8,17-18,22-23,25H,4-5,9-16H2,1-3H3,(H,31,39)(H,33,40)(H,32,34,35)/t18-,22-,23-,25-/m0/s1. The van der Waals surface area contributed by atoms with Gasteiger partial charge in [0.15, 0.2) is 0 Å². The van der Waals surface area contributed by atoms with E-state index in [-0.39, 0.29) is 56.4 Å². The van der Waals surface area contributed by atoms with E-state index in [4.69, 9.17) is 4.74 Å². The number of ether oxygens (including phenoxy) is 1. The Morgan fingerprint density at radius 1 is 1.24 bits per heavy atom. The van der Waals surface area contributed by atoms with Crippen molar-refractivity contribution in [1.29, 1.82) is 0 Å². The van der Waals surface area contributed by atoms with Gasteiger partial charge in [-0.1, -0.05) is 38.5 Å². The van der Waals surface area contributed by atoms with Crippen molar-refractivity contribution in [2.45, 2.75) is 77.5 Å². The van der Waals surface area contributed by atoms with E-state index in [1.54, 1.807) is 6.92 Å². The molecule has 2 aliphatic heterocycles. The van der Waals surface area contributed by atoms with Crippen LogP contribution in [-0.2, 0) is 43.3 Å². The van der Waals surface area contributed by atoms with E-state index in [0.29, 0.717) is 31.4 Å². The minimum absolute atomic E-state index is 0.0212. The summed E-state index contributed by atoms with van der Waals surface area (Å²) in [6.07, 6.45) is 3.42. The quantitative estimate of drug-likeness (QED) is 0.284. The van der Waals surface area contributed by atoms with Crippen molar-refractivity contribution in [3.8, 4) is 0 Å². The summed E-state index contributed by atoms with van der Waals surface area (Å²) in [4.78, 5) is 57.4. The highest BCUT2D eigenvalue weighted by Gasteiger charge is 2.45. The minimum Gasteiger partial charge on any atom is -0.378 e.